The molecule has 1 N–H and O–H groups in total. The number of aliphatic hydroxyl groups is 1. The lowest BCUT2D eigenvalue weighted by Crippen LogP contribution is -2.02. The highest BCUT2D eigenvalue weighted by atomic mass is 16.3. The van der Waals surface area contributed by atoms with E-state index in [0.717, 1.165) is 22.5 Å². The van der Waals surface area contributed by atoms with Gasteiger partial charge >= 0.3 is 0 Å². The highest BCUT2D eigenvalue weighted by Crippen LogP contribution is 2.27. The standard InChI is InChI=1S/C18H19N3O/c1-12-4-7-15(8-5-12)18-16(11-22)19-20-21(18)17-9-6-13(2)10-14(17)3/h4-10,22H,11H2,1-3H3. The van der Waals surface area contributed by atoms with E-state index < -0.39 is 0 Å². The van der Waals surface area contributed by atoms with Crippen LogP contribution >= 0.6 is 0 Å². The van der Waals surface area contributed by atoms with E-state index in [4.69, 9.17) is 0 Å². The predicted octanol–water partition coefficient (Wildman–Crippen LogP) is 3.35. The van der Waals surface area contributed by atoms with Gasteiger partial charge in [-0.2, -0.15) is 0 Å². The Kier molecular flexibility index (Phi) is 3.77. The molecule has 0 amide bonds. The van der Waals surface area contributed by atoms with Crippen LogP contribution in [-0.4, -0.2) is 20.1 Å². The van der Waals surface area contributed by atoms with Crippen molar-refractivity contribution in [3.05, 3.63) is 64.8 Å². The largest absolute Gasteiger partial charge is 0.390 e. The normalized spacial score (nSPS) is 10.9. The van der Waals surface area contributed by atoms with Gasteiger partial charge in [0.2, 0.25) is 0 Å². The SMILES string of the molecule is Cc1ccc(-c2c(CO)nnn2-c2ccc(C)cc2C)cc1. The number of aryl methyl sites for hydroxylation is 3. The fourth-order valence-electron chi connectivity index (χ4n) is 2.63. The molecule has 0 atom stereocenters. The number of hydrogen-bond acceptors (Lipinski definition) is 3. The van der Waals surface area contributed by atoms with Gasteiger partial charge in [0, 0.05) is 5.56 Å². The molecule has 0 aliphatic rings. The molecule has 0 fully saturated rings. The third-order valence-electron chi connectivity index (χ3n) is 3.80. The summed E-state index contributed by atoms with van der Waals surface area (Å²) in [7, 11) is 0. The molecule has 3 aromatic rings. The summed E-state index contributed by atoms with van der Waals surface area (Å²) < 4.78 is 1.81. The van der Waals surface area contributed by atoms with Gasteiger partial charge < -0.3 is 5.11 Å². The highest BCUT2D eigenvalue weighted by Gasteiger charge is 2.16. The van der Waals surface area contributed by atoms with Gasteiger partial charge in [0.15, 0.2) is 0 Å². The molecule has 0 bridgehead atoms. The molecule has 1 aromatic heterocycles. The Morgan fingerprint density at radius 3 is 2.27 bits per heavy atom. The maximum absolute atomic E-state index is 9.59. The van der Waals surface area contributed by atoms with Crippen molar-refractivity contribution in [1.82, 2.24) is 15.0 Å². The van der Waals surface area contributed by atoms with Gasteiger partial charge in [-0.15, -0.1) is 5.10 Å². The summed E-state index contributed by atoms with van der Waals surface area (Å²) in [5.74, 6) is 0. The molecular weight excluding hydrogens is 274 g/mol. The van der Waals surface area contributed by atoms with E-state index in [1.165, 1.54) is 11.1 Å². The molecule has 0 aliphatic carbocycles. The Morgan fingerprint density at radius 2 is 1.64 bits per heavy atom. The second-order valence-corrected chi connectivity index (χ2v) is 5.61. The van der Waals surface area contributed by atoms with E-state index in [9.17, 15) is 5.11 Å². The first-order valence-electron chi connectivity index (χ1n) is 7.30. The zero-order valence-corrected chi connectivity index (χ0v) is 13.0. The minimum atomic E-state index is -0.131. The van der Waals surface area contributed by atoms with Crippen molar-refractivity contribution in [1.29, 1.82) is 0 Å². The van der Waals surface area contributed by atoms with Crippen molar-refractivity contribution < 1.29 is 5.11 Å². The van der Waals surface area contributed by atoms with E-state index in [2.05, 4.69) is 55.3 Å². The molecule has 2 aromatic carbocycles. The Balaban J connectivity index is 2.21. The second-order valence-electron chi connectivity index (χ2n) is 5.61. The topological polar surface area (TPSA) is 50.9 Å². The van der Waals surface area contributed by atoms with Crippen molar-refractivity contribution in [2.45, 2.75) is 27.4 Å². The molecule has 0 spiro atoms. The Labute approximate surface area is 130 Å². The first-order chi connectivity index (χ1) is 10.6. The molecule has 0 saturated heterocycles. The zero-order chi connectivity index (χ0) is 15.7. The van der Waals surface area contributed by atoms with Gasteiger partial charge in [-0.3, -0.25) is 0 Å². The molecule has 0 unspecified atom stereocenters. The second kappa shape index (κ2) is 5.73. The van der Waals surface area contributed by atoms with Gasteiger partial charge in [-0.1, -0.05) is 52.7 Å². The summed E-state index contributed by atoms with van der Waals surface area (Å²) in [6.07, 6.45) is 0. The van der Waals surface area contributed by atoms with E-state index >= 15 is 0 Å². The van der Waals surface area contributed by atoms with E-state index in [1.807, 2.05) is 22.9 Å². The quantitative estimate of drug-likeness (QED) is 0.805. The number of rotatable bonds is 3. The zero-order valence-electron chi connectivity index (χ0n) is 13.0. The van der Waals surface area contributed by atoms with Gasteiger partial charge in [-0.25, -0.2) is 4.68 Å². The summed E-state index contributed by atoms with van der Waals surface area (Å²) in [4.78, 5) is 0. The Morgan fingerprint density at radius 1 is 0.955 bits per heavy atom. The number of hydrogen-bond donors (Lipinski definition) is 1. The van der Waals surface area contributed by atoms with Crippen molar-refractivity contribution in [3.8, 4) is 16.9 Å². The number of aliphatic hydroxyl groups excluding tert-OH is 1. The van der Waals surface area contributed by atoms with Crippen LogP contribution in [0.3, 0.4) is 0 Å². The van der Waals surface area contributed by atoms with Crippen LogP contribution < -0.4 is 0 Å². The van der Waals surface area contributed by atoms with Crippen LogP contribution in [0.25, 0.3) is 16.9 Å². The first kappa shape index (κ1) is 14.5. The van der Waals surface area contributed by atoms with Crippen LogP contribution in [0.5, 0.6) is 0 Å². The van der Waals surface area contributed by atoms with Crippen LogP contribution in [0.15, 0.2) is 42.5 Å². The third kappa shape index (κ3) is 2.53. The maximum Gasteiger partial charge on any atom is 0.117 e. The average molecular weight is 293 g/mol. The van der Waals surface area contributed by atoms with Crippen LogP contribution in [0.2, 0.25) is 0 Å². The van der Waals surface area contributed by atoms with E-state index in [-0.39, 0.29) is 6.61 Å². The van der Waals surface area contributed by atoms with Crippen LogP contribution in [0, 0.1) is 20.8 Å². The van der Waals surface area contributed by atoms with Gasteiger partial charge in [0.05, 0.1) is 12.3 Å². The molecule has 0 radical (unpaired) electrons. The summed E-state index contributed by atoms with van der Waals surface area (Å²) in [5, 5.41) is 18.0. The number of aromatic nitrogens is 3. The lowest BCUT2D eigenvalue weighted by atomic mass is 10.1. The van der Waals surface area contributed by atoms with Gasteiger partial charge in [0.1, 0.15) is 11.4 Å². The van der Waals surface area contributed by atoms with Gasteiger partial charge in [-0.05, 0) is 32.4 Å². The molecule has 4 nitrogen and oxygen atoms in total. The Bertz CT molecular complexity index is 804. The summed E-state index contributed by atoms with van der Waals surface area (Å²) in [6.45, 7) is 6.05. The molecule has 0 aliphatic heterocycles. The molecule has 3 rings (SSSR count). The van der Waals surface area contributed by atoms with Crippen LogP contribution in [0.1, 0.15) is 22.4 Å². The lowest BCUT2D eigenvalue weighted by molar-refractivity contribution is 0.277. The molecule has 112 valence electrons. The highest BCUT2D eigenvalue weighted by molar-refractivity contribution is 5.65. The van der Waals surface area contributed by atoms with E-state index in [0.29, 0.717) is 5.69 Å². The molecule has 22 heavy (non-hydrogen) atoms. The number of benzene rings is 2. The molecule has 0 saturated carbocycles. The third-order valence-corrected chi connectivity index (χ3v) is 3.80. The minimum Gasteiger partial charge on any atom is -0.390 e. The molecular formula is C18H19N3O. The van der Waals surface area contributed by atoms with Gasteiger partial charge in [0.25, 0.3) is 0 Å². The smallest absolute Gasteiger partial charge is 0.117 e. The monoisotopic (exact) mass is 293 g/mol. The van der Waals surface area contributed by atoms with Crippen molar-refractivity contribution in [2.24, 2.45) is 0 Å². The first-order valence-corrected chi connectivity index (χ1v) is 7.30. The lowest BCUT2D eigenvalue weighted by Gasteiger charge is -2.11. The minimum absolute atomic E-state index is 0.131. The summed E-state index contributed by atoms with van der Waals surface area (Å²) >= 11 is 0. The average Bonchev–Trinajstić information content (AvgIpc) is 2.92. The van der Waals surface area contributed by atoms with Crippen LogP contribution in [-0.2, 0) is 6.61 Å². The van der Waals surface area contributed by atoms with Crippen molar-refractivity contribution in [3.63, 3.8) is 0 Å². The molecule has 4 heteroatoms. The Hall–Kier alpha value is -2.46. The fourth-order valence-corrected chi connectivity index (χ4v) is 2.63. The van der Waals surface area contributed by atoms with Crippen LogP contribution in [0.4, 0.5) is 0 Å². The fraction of sp³-hybridized carbons (Fsp3) is 0.222. The van der Waals surface area contributed by atoms with Crippen molar-refractivity contribution >= 4 is 0 Å². The summed E-state index contributed by atoms with van der Waals surface area (Å²) in [5.41, 5.74) is 6.94. The maximum atomic E-state index is 9.59. The van der Waals surface area contributed by atoms with E-state index in [1.54, 1.807) is 0 Å². The predicted molar refractivity (Wildman–Crippen MR) is 86.9 cm³/mol. The number of nitrogens with zero attached hydrogens (tertiary/aromatic N) is 3. The summed E-state index contributed by atoms with van der Waals surface area (Å²) in [6, 6.07) is 14.4. The molecule has 1 heterocycles. The van der Waals surface area contributed by atoms with Crippen molar-refractivity contribution in [2.75, 3.05) is 0 Å².